The second kappa shape index (κ2) is 10.2. The summed E-state index contributed by atoms with van der Waals surface area (Å²) in [5, 5.41) is 0. The van der Waals surface area contributed by atoms with Crippen molar-refractivity contribution in [2.45, 2.75) is 106 Å². The summed E-state index contributed by atoms with van der Waals surface area (Å²) in [7, 11) is -6.53. The molecule has 9 nitrogen and oxygen atoms in total. The van der Waals surface area contributed by atoms with E-state index in [1.54, 1.807) is 6.08 Å². The molecular formula is C34H52O9S2. The molecule has 0 saturated heterocycles. The van der Waals surface area contributed by atoms with Crippen LogP contribution in [0.25, 0.3) is 0 Å². The Bertz CT molecular complexity index is 1570. The van der Waals surface area contributed by atoms with Gasteiger partial charge in [-0.2, -0.15) is 16.8 Å². The highest BCUT2D eigenvalue weighted by Crippen LogP contribution is 2.76. The van der Waals surface area contributed by atoms with Crippen LogP contribution in [0.4, 0.5) is 0 Å². The van der Waals surface area contributed by atoms with E-state index < -0.39 is 65.4 Å². The summed E-state index contributed by atoms with van der Waals surface area (Å²) in [4.78, 5) is 28.3. The highest BCUT2D eigenvalue weighted by Gasteiger charge is 2.73. The molecule has 0 heterocycles. The quantitative estimate of drug-likeness (QED) is 0.209. The smallest absolute Gasteiger partial charge is 0.312 e. The maximum atomic E-state index is 14.7. The highest BCUT2D eigenvalue weighted by molar-refractivity contribution is 7.86. The van der Waals surface area contributed by atoms with E-state index in [1.165, 1.54) is 7.11 Å². The molecule has 5 rings (SSSR count). The van der Waals surface area contributed by atoms with Crippen molar-refractivity contribution in [1.29, 1.82) is 0 Å². The fourth-order valence-corrected chi connectivity index (χ4v) is 12.7. The Kier molecular flexibility index (Phi) is 7.90. The van der Waals surface area contributed by atoms with E-state index >= 15 is 0 Å². The van der Waals surface area contributed by atoms with Gasteiger partial charge in [-0.15, -0.1) is 0 Å². The number of methoxy groups -OCH3 is 1. The van der Waals surface area contributed by atoms with Gasteiger partial charge < -0.3 is 4.74 Å². The standard InChI is InChI=1S/C34H52O9S2/c1-20-26(42-44(10,37)38)30(4,5)23-12-13-31(6)24(33(23,8)27(20)43-45(11,39)40)18-22(35)25-21-19-29(2,3)14-16-34(21,28(36)41-9)17-15-32(25,31)7/h18,21,23,25-27H,1,12-17,19H2,2-11H3/t21-,23-,25-,26-,27+,31+,32+,33-,34-/m0/s1. The summed E-state index contributed by atoms with van der Waals surface area (Å²) < 4.78 is 67.4. The van der Waals surface area contributed by atoms with Gasteiger partial charge >= 0.3 is 5.97 Å². The van der Waals surface area contributed by atoms with E-state index in [9.17, 15) is 26.4 Å². The zero-order valence-electron chi connectivity index (χ0n) is 28.6. The molecule has 0 radical (unpaired) electrons. The van der Waals surface area contributed by atoms with Gasteiger partial charge in [0.25, 0.3) is 20.2 Å². The number of fused-ring (bicyclic) bond motifs is 7. The van der Waals surface area contributed by atoms with Crippen LogP contribution in [0.15, 0.2) is 23.8 Å². The van der Waals surface area contributed by atoms with Gasteiger partial charge in [0.2, 0.25) is 0 Å². The Balaban J connectivity index is 1.72. The molecule has 5 aliphatic carbocycles. The zero-order valence-corrected chi connectivity index (χ0v) is 30.2. The third-order valence-corrected chi connectivity index (χ3v) is 14.6. The van der Waals surface area contributed by atoms with Crippen molar-refractivity contribution in [1.82, 2.24) is 0 Å². The molecule has 9 atom stereocenters. The molecule has 11 heteroatoms. The highest BCUT2D eigenvalue weighted by atomic mass is 32.2. The Hall–Kier alpha value is -1.56. The van der Waals surface area contributed by atoms with Crippen molar-refractivity contribution in [2.75, 3.05) is 19.6 Å². The normalized spacial score (nSPS) is 44.0. The average Bonchev–Trinajstić information content (AvgIpc) is 2.89. The summed E-state index contributed by atoms with van der Waals surface area (Å²) in [6.07, 6.45) is 6.42. The van der Waals surface area contributed by atoms with Gasteiger partial charge in [-0.3, -0.25) is 18.0 Å². The molecule has 4 saturated carbocycles. The van der Waals surface area contributed by atoms with Crippen LogP contribution in [0.1, 0.15) is 93.4 Å². The van der Waals surface area contributed by atoms with Crippen molar-refractivity contribution in [2.24, 2.45) is 50.2 Å². The minimum Gasteiger partial charge on any atom is -0.469 e. The molecular weight excluding hydrogens is 616 g/mol. The molecule has 254 valence electrons. The van der Waals surface area contributed by atoms with Gasteiger partial charge in [-0.05, 0) is 84.7 Å². The molecule has 0 bridgehead atoms. The van der Waals surface area contributed by atoms with E-state index in [0.717, 1.165) is 30.9 Å². The lowest BCUT2D eigenvalue weighted by Gasteiger charge is -2.70. The molecule has 4 fully saturated rings. The zero-order chi connectivity index (χ0) is 34.0. The minimum absolute atomic E-state index is 0.0383. The van der Waals surface area contributed by atoms with E-state index in [0.29, 0.717) is 32.1 Å². The van der Waals surface area contributed by atoms with Gasteiger partial charge in [0, 0.05) is 16.7 Å². The third kappa shape index (κ3) is 4.95. The summed E-state index contributed by atoms with van der Waals surface area (Å²) in [5.41, 5.74) is -2.58. The lowest BCUT2D eigenvalue weighted by atomic mass is 9.33. The number of carbonyl (C=O) groups excluding carboxylic acids is 2. The summed E-state index contributed by atoms with van der Waals surface area (Å²) in [5.74, 6) is -1.16. The molecule has 5 aliphatic rings. The predicted molar refractivity (Wildman–Crippen MR) is 171 cm³/mol. The van der Waals surface area contributed by atoms with Crippen LogP contribution >= 0.6 is 0 Å². The lowest BCUT2D eigenvalue weighted by Crippen LogP contribution is -2.69. The summed E-state index contributed by atoms with van der Waals surface area (Å²) in [6, 6.07) is 0. The summed E-state index contributed by atoms with van der Waals surface area (Å²) >= 11 is 0. The Morgan fingerprint density at radius 1 is 0.867 bits per heavy atom. The lowest BCUT2D eigenvalue weighted by molar-refractivity contribution is -0.196. The van der Waals surface area contributed by atoms with E-state index in [4.69, 9.17) is 13.1 Å². The molecule has 0 aromatic rings. The first kappa shape index (κ1) is 34.8. The fourth-order valence-electron chi connectivity index (χ4n) is 11.3. The maximum Gasteiger partial charge on any atom is 0.312 e. The SMILES string of the molecule is C=C1[C@@H](OS(C)(=O)=O)[C@]2(C)C3=CC(=O)[C@@H]4[C@@H]5CC(C)(C)CC[C@]5(C(=O)OC)CC[C@@]4(C)[C@]3(C)CC[C@H]2C(C)(C)[C@H]1OS(C)(=O)=O. The number of carbonyl (C=O) groups is 2. The molecule has 0 spiro atoms. The van der Waals surface area contributed by atoms with Gasteiger partial charge in [0.15, 0.2) is 5.78 Å². The molecule has 0 aliphatic heterocycles. The number of ketones is 1. The van der Waals surface area contributed by atoms with Gasteiger partial charge in [0.05, 0.1) is 25.0 Å². The van der Waals surface area contributed by atoms with E-state index in [2.05, 4.69) is 34.3 Å². The van der Waals surface area contributed by atoms with Crippen molar-refractivity contribution in [3.05, 3.63) is 23.8 Å². The Labute approximate surface area is 270 Å². The second-order valence-corrected chi connectivity index (χ2v) is 20.1. The van der Waals surface area contributed by atoms with Gasteiger partial charge in [-0.1, -0.05) is 60.6 Å². The van der Waals surface area contributed by atoms with E-state index in [-0.39, 0.29) is 34.6 Å². The third-order valence-electron chi connectivity index (χ3n) is 13.5. The monoisotopic (exact) mass is 668 g/mol. The minimum atomic E-state index is -4.04. The van der Waals surface area contributed by atoms with E-state index in [1.807, 2.05) is 20.8 Å². The number of hydrogen-bond donors (Lipinski definition) is 0. The van der Waals surface area contributed by atoms with Crippen molar-refractivity contribution in [3.8, 4) is 0 Å². The maximum absolute atomic E-state index is 14.7. The number of allylic oxidation sites excluding steroid dienone is 1. The van der Waals surface area contributed by atoms with Crippen LogP contribution in [0.2, 0.25) is 0 Å². The predicted octanol–water partition coefficient (Wildman–Crippen LogP) is 5.61. The number of hydrogen-bond acceptors (Lipinski definition) is 9. The van der Waals surface area contributed by atoms with Crippen molar-refractivity contribution in [3.63, 3.8) is 0 Å². The first-order chi connectivity index (χ1) is 20.3. The molecule has 0 N–H and O–H groups in total. The molecule has 45 heavy (non-hydrogen) atoms. The number of ether oxygens (including phenoxy) is 1. The average molecular weight is 669 g/mol. The van der Waals surface area contributed by atoms with Crippen LogP contribution < -0.4 is 0 Å². The van der Waals surface area contributed by atoms with Crippen LogP contribution in [0.5, 0.6) is 0 Å². The molecule has 0 aromatic heterocycles. The number of rotatable bonds is 5. The Morgan fingerprint density at radius 3 is 1.98 bits per heavy atom. The Morgan fingerprint density at radius 2 is 1.42 bits per heavy atom. The molecule has 0 aromatic carbocycles. The molecule has 0 amide bonds. The molecule has 0 unspecified atom stereocenters. The first-order valence-electron chi connectivity index (χ1n) is 16.1. The van der Waals surface area contributed by atoms with Crippen LogP contribution in [-0.4, -0.2) is 60.4 Å². The van der Waals surface area contributed by atoms with Crippen LogP contribution in [-0.2, 0) is 42.9 Å². The van der Waals surface area contributed by atoms with Crippen molar-refractivity contribution >= 4 is 32.0 Å². The van der Waals surface area contributed by atoms with Crippen LogP contribution in [0, 0.1) is 50.2 Å². The number of esters is 1. The largest absolute Gasteiger partial charge is 0.469 e. The first-order valence-corrected chi connectivity index (χ1v) is 19.7. The van der Waals surface area contributed by atoms with Gasteiger partial charge in [-0.25, -0.2) is 0 Å². The summed E-state index contributed by atoms with van der Waals surface area (Å²) in [6.45, 7) is 18.9. The topological polar surface area (TPSA) is 130 Å². The van der Waals surface area contributed by atoms with Crippen molar-refractivity contribution < 1.29 is 39.5 Å². The second-order valence-electron chi connectivity index (χ2n) is 16.9. The fraction of sp³-hybridized carbons (Fsp3) is 0.824. The van der Waals surface area contributed by atoms with Crippen LogP contribution in [0.3, 0.4) is 0 Å². The van der Waals surface area contributed by atoms with Gasteiger partial charge in [0.1, 0.15) is 12.2 Å².